The van der Waals surface area contributed by atoms with Gasteiger partial charge in [-0.1, -0.05) is 78.9 Å². The van der Waals surface area contributed by atoms with E-state index in [-0.39, 0.29) is 50.6 Å². The van der Waals surface area contributed by atoms with Crippen molar-refractivity contribution in [2.45, 2.75) is 69.7 Å². The largest absolute Gasteiger partial charge is 0.370 e. The number of nitrogens with zero attached hydrogens (tertiary/aromatic N) is 2. The predicted octanol–water partition coefficient (Wildman–Crippen LogP) is 2.20. The second-order valence-corrected chi connectivity index (χ2v) is 14.6. The number of aliphatic imine (C=N–C) groups is 1. The van der Waals surface area contributed by atoms with Gasteiger partial charge in [0.15, 0.2) is 5.96 Å². The molecule has 0 saturated carbocycles. The SMILES string of the molecule is CC(=O)N1Cc2ccccc2C[C@H]1C(=O)N[C@@H](CCCN=C(N)N)C(=O)N[C@H](Cc1ccc(I)cc1)C(=O)N[C@@H](Cc1ccc2ccccc2c1)C(N)=O. The summed E-state index contributed by atoms with van der Waals surface area (Å²) in [5, 5.41) is 10.5. The van der Waals surface area contributed by atoms with Crippen molar-refractivity contribution in [1.82, 2.24) is 20.9 Å². The van der Waals surface area contributed by atoms with Crippen LogP contribution in [0.1, 0.15) is 42.0 Å². The molecule has 0 radical (unpaired) electrons. The van der Waals surface area contributed by atoms with Crippen molar-refractivity contribution in [3.63, 3.8) is 0 Å². The topological polar surface area (TPSA) is 215 Å². The molecule has 0 aliphatic carbocycles. The minimum Gasteiger partial charge on any atom is -0.370 e. The summed E-state index contributed by atoms with van der Waals surface area (Å²) in [5.74, 6) is -2.88. The van der Waals surface area contributed by atoms with Crippen LogP contribution in [-0.4, -0.2) is 71.1 Å². The molecule has 5 amide bonds. The number of benzene rings is 4. The number of carbonyl (C=O) groups is 5. The van der Waals surface area contributed by atoms with Gasteiger partial charge < -0.3 is 38.1 Å². The Morgan fingerprint density at radius 3 is 2.06 bits per heavy atom. The summed E-state index contributed by atoms with van der Waals surface area (Å²) in [6, 6.07) is 24.4. The van der Waals surface area contributed by atoms with Crippen LogP contribution in [-0.2, 0) is 49.8 Å². The molecule has 1 aliphatic rings. The maximum absolute atomic E-state index is 14.1. The van der Waals surface area contributed by atoms with E-state index in [1.807, 2.05) is 91.0 Å². The van der Waals surface area contributed by atoms with Crippen LogP contribution in [0.25, 0.3) is 10.8 Å². The van der Waals surface area contributed by atoms with Crippen molar-refractivity contribution in [1.29, 1.82) is 0 Å². The molecule has 9 N–H and O–H groups in total. The van der Waals surface area contributed by atoms with Gasteiger partial charge in [0.2, 0.25) is 29.5 Å². The molecule has 4 aromatic rings. The Morgan fingerprint density at radius 1 is 0.759 bits per heavy atom. The van der Waals surface area contributed by atoms with E-state index in [2.05, 4.69) is 43.5 Å². The summed E-state index contributed by atoms with van der Waals surface area (Å²) in [6.07, 6.45) is 0.942. The molecule has 5 rings (SSSR count). The summed E-state index contributed by atoms with van der Waals surface area (Å²) in [7, 11) is 0. The molecule has 0 aromatic heterocycles. The van der Waals surface area contributed by atoms with Crippen molar-refractivity contribution in [2.24, 2.45) is 22.2 Å². The summed E-state index contributed by atoms with van der Waals surface area (Å²) in [5.41, 5.74) is 20.2. The van der Waals surface area contributed by atoms with E-state index in [0.717, 1.165) is 36.6 Å². The highest BCUT2D eigenvalue weighted by Crippen LogP contribution is 2.24. The lowest BCUT2D eigenvalue weighted by molar-refractivity contribution is -0.141. The Bertz CT molecular complexity index is 2030. The van der Waals surface area contributed by atoms with E-state index in [0.29, 0.717) is 6.42 Å². The fourth-order valence-electron chi connectivity index (χ4n) is 6.56. The van der Waals surface area contributed by atoms with E-state index < -0.39 is 47.8 Å². The van der Waals surface area contributed by atoms with Gasteiger partial charge in [-0.05, 0) is 80.6 Å². The number of nitrogens with two attached hydrogens (primary N) is 3. The first kappa shape index (κ1) is 39.7. The Morgan fingerprint density at radius 2 is 1.37 bits per heavy atom. The third kappa shape index (κ3) is 10.8. The first-order chi connectivity index (χ1) is 25.9. The van der Waals surface area contributed by atoms with E-state index in [1.54, 1.807) is 0 Å². The van der Waals surface area contributed by atoms with Crippen LogP contribution in [0.15, 0.2) is 96.0 Å². The number of primary amides is 1. The molecule has 1 aliphatic heterocycles. The Hall–Kier alpha value is -5.51. The van der Waals surface area contributed by atoms with Gasteiger partial charge in [0.25, 0.3) is 0 Å². The quantitative estimate of drug-likeness (QED) is 0.0454. The van der Waals surface area contributed by atoms with Crippen LogP contribution in [0, 0.1) is 3.57 Å². The molecule has 282 valence electrons. The van der Waals surface area contributed by atoms with Gasteiger partial charge in [-0.2, -0.15) is 0 Å². The first-order valence-electron chi connectivity index (χ1n) is 17.7. The van der Waals surface area contributed by atoms with Gasteiger partial charge in [-0.15, -0.1) is 0 Å². The monoisotopic (exact) mass is 844 g/mol. The predicted molar refractivity (Wildman–Crippen MR) is 216 cm³/mol. The number of guanidine groups is 1. The van der Waals surface area contributed by atoms with Gasteiger partial charge in [-0.3, -0.25) is 29.0 Å². The third-order valence-electron chi connectivity index (χ3n) is 9.43. The smallest absolute Gasteiger partial charge is 0.243 e. The second kappa shape index (κ2) is 18.5. The number of carbonyl (C=O) groups excluding carboxylic acids is 5. The molecule has 0 bridgehead atoms. The molecule has 0 saturated heterocycles. The average molecular weight is 845 g/mol. The molecule has 0 unspecified atom stereocenters. The van der Waals surface area contributed by atoms with E-state index in [1.165, 1.54) is 11.8 Å². The van der Waals surface area contributed by atoms with Crippen LogP contribution in [0.2, 0.25) is 0 Å². The standard InChI is InChI=1S/C40H45IN8O5/c1-24(50)49-23-30-10-5-4-9-29(30)22-35(49)39(54)46-32(11-6-18-45-40(43)44)37(52)48-34(20-25-13-16-31(41)17-14-25)38(53)47-33(36(42)51)21-26-12-15-27-7-2-3-8-28(27)19-26/h2-5,7-10,12-17,19,32-35H,6,11,18,20-23H2,1H3,(H2,42,51)(H,46,54)(H,47,53)(H,48,52)(H4,43,44,45)/t32-,33-,34+,35-/m0/s1. The summed E-state index contributed by atoms with van der Waals surface area (Å²) in [6.45, 7) is 1.85. The molecule has 54 heavy (non-hydrogen) atoms. The van der Waals surface area contributed by atoms with E-state index in [9.17, 15) is 24.0 Å². The van der Waals surface area contributed by atoms with Gasteiger partial charge >= 0.3 is 0 Å². The van der Waals surface area contributed by atoms with Crippen LogP contribution in [0.5, 0.6) is 0 Å². The highest BCUT2D eigenvalue weighted by Gasteiger charge is 2.36. The number of halogens is 1. The molecule has 0 fully saturated rings. The van der Waals surface area contributed by atoms with Gasteiger partial charge in [0, 0.05) is 42.8 Å². The normalized spacial score (nSPS) is 15.2. The Labute approximate surface area is 327 Å². The molecule has 4 aromatic carbocycles. The molecule has 13 nitrogen and oxygen atoms in total. The number of hydrogen-bond donors (Lipinski definition) is 6. The van der Waals surface area contributed by atoms with Gasteiger partial charge in [0.1, 0.15) is 24.2 Å². The van der Waals surface area contributed by atoms with Gasteiger partial charge in [-0.25, -0.2) is 0 Å². The molecule has 1 heterocycles. The number of amides is 5. The van der Waals surface area contributed by atoms with E-state index >= 15 is 0 Å². The zero-order valence-corrected chi connectivity index (χ0v) is 32.1. The lowest BCUT2D eigenvalue weighted by atomic mass is 9.93. The molecular weight excluding hydrogens is 799 g/mol. The fraction of sp³-hybridized carbons (Fsp3) is 0.300. The first-order valence-corrected chi connectivity index (χ1v) is 18.8. The number of rotatable bonds is 15. The van der Waals surface area contributed by atoms with Crippen molar-refractivity contribution >= 4 is 68.9 Å². The van der Waals surface area contributed by atoms with Crippen LogP contribution >= 0.6 is 22.6 Å². The maximum atomic E-state index is 14.1. The molecule has 14 heteroatoms. The summed E-state index contributed by atoms with van der Waals surface area (Å²) < 4.78 is 0.985. The fourth-order valence-corrected chi connectivity index (χ4v) is 6.92. The minimum atomic E-state index is -1.15. The minimum absolute atomic E-state index is 0.0855. The highest BCUT2D eigenvalue weighted by atomic mass is 127. The summed E-state index contributed by atoms with van der Waals surface area (Å²) in [4.78, 5) is 72.9. The zero-order valence-electron chi connectivity index (χ0n) is 30.0. The number of hydrogen-bond acceptors (Lipinski definition) is 6. The van der Waals surface area contributed by atoms with Crippen molar-refractivity contribution < 1.29 is 24.0 Å². The maximum Gasteiger partial charge on any atom is 0.243 e. The molecule has 0 spiro atoms. The lowest BCUT2D eigenvalue weighted by Crippen LogP contribution is -2.59. The van der Waals surface area contributed by atoms with Crippen molar-refractivity contribution in [2.75, 3.05) is 6.54 Å². The Balaban J connectivity index is 1.37. The summed E-state index contributed by atoms with van der Waals surface area (Å²) >= 11 is 2.18. The number of fused-ring (bicyclic) bond motifs is 2. The average Bonchev–Trinajstić information content (AvgIpc) is 3.15. The van der Waals surface area contributed by atoms with Crippen LogP contribution in [0.4, 0.5) is 0 Å². The highest BCUT2D eigenvalue weighted by molar-refractivity contribution is 14.1. The van der Waals surface area contributed by atoms with Gasteiger partial charge in [0.05, 0.1) is 0 Å². The molecule has 4 atom stereocenters. The van der Waals surface area contributed by atoms with Crippen LogP contribution in [0.3, 0.4) is 0 Å². The zero-order chi connectivity index (χ0) is 38.8. The second-order valence-electron chi connectivity index (χ2n) is 13.4. The van der Waals surface area contributed by atoms with Crippen LogP contribution < -0.4 is 33.2 Å². The Kier molecular flexibility index (Phi) is 13.6. The van der Waals surface area contributed by atoms with Crippen molar-refractivity contribution in [3.8, 4) is 0 Å². The van der Waals surface area contributed by atoms with Crippen molar-refractivity contribution in [3.05, 3.63) is 117 Å². The molecular formula is C40H45IN8O5. The lowest BCUT2D eigenvalue weighted by Gasteiger charge is -2.36. The number of nitrogens with one attached hydrogen (secondary N) is 3. The van der Waals surface area contributed by atoms with E-state index in [4.69, 9.17) is 17.2 Å². The third-order valence-corrected chi connectivity index (χ3v) is 10.2.